The van der Waals surface area contributed by atoms with Crippen molar-refractivity contribution >= 4 is 5.82 Å². The second-order valence-corrected chi connectivity index (χ2v) is 5.68. The highest BCUT2D eigenvalue weighted by molar-refractivity contribution is 5.40. The minimum absolute atomic E-state index is 0.0606. The molecule has 1 aromatic heterocycles. The molecule has 3 heteroatoms. The number of nitrogens with two attached hydrogens (primary N) is 1. The Balaban J connectivity index is 2.10. The third-order valence-electron chi connectivity index (χ3n) is 4.22. The van der Waals surface area contributed by atoms with Crippen LogP contribution in [0.3, 0.4) is 0 Å². The largest absolute Gasteiger partial charge is 0.356 e. The molecule has 0 spiro atoms. The Bertz CT molecular complexity index is 372. The van der Waals surface area contributed by atoms with Crippen LogP contribution < -0.4 is 10.6 Å². The normalized spacial score (nSPS) is 25.8. The van der Waals surface area contributed by atoms with E-state index < -0.39 is 0 Å². The molecular formula is C15H25N3. The summed E-state index contributed by atoms with van der Waals surface area (Å²) in [4.78, 5) is 6.90. The summed E-state index contributed by atoms with van der Waals surface area (Å²) >= 11 is 0. The molecule has 3 atom stereocenters. The standard InChI is InChI=1S/C15H25N3/c1-11-6-4-5-7-14(11)18(3)15-9-8-13(10-17-15)12(2)16/h8-12,14H,4-7,16H2,1-3H3/t11?,12-,14?/m1/s1. The number of pyridine rings is 1. The van der Waals surface area contributed by atoms with Crippen molar-refractivity contribution in [1.82, 2.24) is 4.98 Å². The molecule has 1 aromatic rings. The Labute approximate surface area is 110 Å². The van der Waals surface area contributed by atoms with E-state index in [1.165, 1.54) is 25.7 Å². The number of anilines is 1. The van der Waals surface area contributed by atoms with Crippen LogP contribution in [0.25, 0.3) is 0 Å². The van der Waals surface area contributed by atoms with Gasteiger partial charge < -0.3 is 10.6 Å². The molecule has 18 heavy (non-hydrogen) atoms. The molecule has 100 valence electrons. The number of hydrogen-bond acceptors (Lipinski definition) is 3. The van der Waals surface area contributed by atoms with Gasteiger partial charge in [-0.2, -0.15) is 0 Å². The summed E-state index contributed by atoms with van der Waals surface area (Å²) in [6, 6.07) is 4.88. The van der Waals surface area contributed by atoms with E-state index in [1.54, 1.807) is 0 Å². The lowest BCUT2D eigenvalue weighted by molar-refractivity contribution is 0.320. The van der Waals surface area contributed by atoms with Crippen LogP contribution in [0.1, 0.15) is 51.1 Å². The number of aromatic nitrogens is 1. The van der Waals surface area contributed by atoms with Crippen molar-refractivity contribution in [2.75, 3.05) is 11.9 Å². The van der Waals surface area contributed by atoms with Crippen LogP contribution in [0, 0.1) is 5.92 Å². The smallest absolute Gasteiger partial charge is 0.128 e. The van der Waals surface area contributed by atoms with Crippen LogP contribution >= 0.6 is 0 Å². The first-order chi connectivity index (χ1) is 8.59. The maximum atomic E-state index is 5.85. The maximum Gasteiger partial charge on any atom is 0.128 e. The van der Waals surface area contributed by atoms with Crippen LogP contribution in [0.2, 0.25) is 0 Å². The van der Waals surface area contributed by atoms with Gasteiger partial charge in [0.1, 0.15) is 5.82 Å². The molecule has 1 fully saturated rings. The molecule has 3 nitrogen and oxygen atoms in total. The monoisotopic (exact) mass is 247 g/mol. The van der Waals surface area contributed by atoms with Gasteiger partial charge in [0, 0.05) is 25.3 Å². The van der Waals surface area contributed by atoms with E-state index in [0.717, 1.165) is 17.3 Å². The van der Waals surface area contributed by atoms with Crippen molar-refractivity contribution in [2.45, 2.75) is 51.6 Å². The summed E-state index contributed by atoms with van der Waals surface area (Å²) in [7, 11) is 2.17. The number of hydrogen-bond donors (Lipinski definition) is 1. The van der Waals surface area contributed by atoms with Gasteiger partial charge in [-0.15, -0.1) is 0 Å². The lowest BCUT2D eigenvalue weighted by Gasteiger charge is -2.37. The van der Waals surface area contributed by atoms with Gasteiger partial charge in [0.2, 0.25) is 0 Å². The molecule has 1 aliphatic rings. The first kappa shape index (κ1) is 13.3. The second kappa shape index (κ2) is 5.70. The SMILES string of the molecule is CC1CCCCC1N(C)c1ccc([C@@H](C)N)cn1. The van der Waals surface area contributed by atoms with Crippen LogP contribution in [0.15, 0.2) is 18.3 Å². The van der Waals surface area contributed by atoms with E-state index >= 15 is 0 Å². The summed E-state index contributed by atoms with van der Waals surface area (Å²) in [5, 5.41) is 0. The highest BCUT2D eigenvalue weighted by Crippen LogP contribution is 2.29. The Kier molecular flexibility index (Phi) is 4.23. The first-order valence-electron chi connectivity index (χ1n) is 7.04. The van der Waals surface area contributed by atoms with Crippen LogP contribution in [-0.2, 0) is 0 Å². The van der Waals surface area contributed by atoms with E-state index in [4.69, 9.17) is 5.73 Å². The van der Waals surface area contributed by atoms with E-state index in [1.807, 2.05) is 13.1 Å². The van der Waals surface area contributed by atoms with E-state index in [-0.39, 0.29) is 6.04 Å². The minimum atomic E-state index is 0.0606. The highest BCUT2D eigenvalue weighted by atomic mass is 15.2. The maximum absolute atomic E-state index is 5.85. The molecule has 1 heterocycles. The molecule has 1 saturated carbocycles. The van der Waals surface area contributed by atoms with Crippen molar-refractivity contribution in [2.24, 2.45) is 11.7 Å². The zero-order valence-corrected chi connectivity index (χ0v) is 11.8. The molecular weight excluding hydrogens is 222 g/mol. The first-order valence-corrected chi connectivity index (χ1v) is 7.04. The predicted octanol–water partition coefficient (Wildman–Crippen LogP) is 3.12. The Morgan fingerprint density at radius 3 is 2.61 bits per heavy atom. The van der Waals surface area contributed by atoms with Crippen molar-refractivity contribution in [1.29, 1.82) is 0 Å². The zero-order valence-electron chi connectivity index (χ0n) is 11.8. The Hall–Kier alpha value is -1.09. The van der Waals surface area contributed by atoms with Gasteiger partial charge >= 0.3 is 0 Å². The van der Waals surface area contributed by atoms with Crippen LogP contribution in [-0.4, -0.2) is 18.1 Å². The molecule has 0 aliphatic heterocycles. The topological polar surface area (TPSA) is 42.1 Å². The minimum Gasteiger partial charge on any atom is -0.356 e. The molecule has 0 saturated heterocycles. The lowest BCUT2D eigenvalue weighted by Crippen LogP contribution is -2.39. The van der Waals surface area contributed by atoms with Crippen LogP contribution in [0.5, 0.6) is 0 Å². The third kappa shape index (κ3) is 2.83. The van der Waals surface area contributed by atoms with Crippen molar-refractivity contribution in [3.05, 3.63) is 23.9 Å². The molecule has 1 aliphatic carbocycles. The summed E-state index contributed by atoms with van der Waals surface area (Å²) in [5.74, 6) is 1.83. The molecule has 0 bridgehead atoms. The number of nitrogens with zero attached hydrogens (tertiary/aromatic N) is 2. The fraction of sp³-hybridized carbons (Fsp3) is 0.667. The van der Waals surface area contributed by atoms with Gasteiger partial charge in [0.05, 0.1) is 0 Å². The fourth-order valence-corrected chi connectivity index (χ4v) is 2.92. The number of rotatable bonds is 3. The van der Waals surface area contributed by atoms with Gasteiger partial charge in [-0.05, 0) is 37.3 Å². The molecule has 0 aromatic carbocycles. The van der Waals surface area contributed by atoms with Gasteiger partial charge in [-0.25, -0.2) is 4.98 Å². The Morgan fingerprint density at radius 1 is 1.33 bits per heavy atom. The van der Waals surface area contributed by atoms with Crippen molar-refractivity contribution in [3.8, 4) is 0 Å². The Morgan fingerprint density at radius 2 is 2.06 bits per heavy atom. The van der Waals surface area contributed by atoms with E-state index in [0.29, 0.717) is 6.04 Å². The molecule has 0 amide bonds. The predicted molar refractivity (Wildman–Crippen MR) is 76.7 cm³/mol. The molecule has 2 rings (SSSR count). The van der Waals surface area contributed by atoms with Crippen molar-refractivity contribution in [3.63, 3.8) is 0 Å². The fourth-order valence-electron chi connectivity index (χ4n) is 2.92. The van der Waals surface area contributed by atoms with E-state index in [9.17, 15) is 0 Å². The quantitative estimate of drug-likeness (QED) is 0.892. The average molecular weight is 247 g/mol. The van der Waals surface area contributed by atoms with E-state index in [2.05, 4.69) is 36.0 Å². The highest BCUT2D eigenvalue weighted by Gasteiger charge is 2.25. The third-order valence-corrected chi connectivity index (χ3v) is 4.22. The van der Waals surface area contributed by atoms with Crippen LogP contribution in [0.4, 0.5) is 5.82 Å². The molecule has 0 radical (unpaired) electrons. The van der Waals surface area contributed by atoms with Gasteiger partial charge in [-0.1, -0.05) is 25.8 Å². The second-order valence-electron chi connectivity index (χ2n) is 5.68. The van der Waals surface area contributed by atoms with Gasteiger partial charge in [0.15, 0.2) is 0 Å². The van der Waals surface area contributed by atoms with Gasteiger partial charge in [0.25, 0.3) is 0 Å². The average Bonchev–Trinajstić information content (AvgIpc) is 2.38. The summed E-state index contributed by atoms with van der Waals surface area (Å²) < 4.78 is 0. The lowest BCUT2D eigenvalue weighted by atomic mass is 9.85. The molecule has 2 unspecified atom stereocenters. The summed E-state index contributed by atoms with van der Waals surface area (Å²) in [5.41, 5.74) is 6.95. The van der Waals surface area contributed by atoms with Gasteiger partial charge in [-0.3, -0.25) is 0 Å². The summed E-state index contributed by atoms with van der Waals surface area (Å²) in [6.07, 6.45) is 7.26. The molecule has 2 N–H and O–H groups in total. The zero-order chi connectivity index (χ0) is 13.1. The van der Waals surface area contributed by atoms with Crippen molar-refractivity contribution < 1.29 is 0 Å². The summed E-state index contributed by atoms with van der Waals surface area (Å²) in [6.45, 7) is 4.35.